The summed E-state index contributed by atoms with van der Waals surface area (Å²) < 4.78 is 10.2. The molecule has 0 saturated carbocycles. The Balaban J connectivity index is 2.35. The second-order valence-electron chi connectivity index (χ2n) is 4.12. The van der Waals surface area contributed by atoms with E-state index in [1.165, 1.54) is 7.11 Å². The number of carboxylic acid groups (broad SMARTS) is 1. The Morgan fingerprint density at radius 3 is 2.90 bits per heavy atom. The van der Waals surface area contributed by atoms with Crippen LogP contribution in [-0.2, 0) is 4.79 Å². The van der Waals surface area contributed by atoms with Gasteiger partial charge in [0, 0.05) is 0 Å². The molecule has 1 unspecified atom stereocenters. The van der Waals surface area contributed by atoms with E-state index < -0.39 is 11.9 Å². The molecule has 0 aliphatic rings. The number of hydrogen-bond acceptors (Lipinski definition) is 6. The van der Waals surface area contributed by atoms with E-state index in [2.05, 4.69) is 10.1 Å². The van der Waals surface area contributed by atoms with Crippen molar-refractivity contribution in [2.45, 2.75) is 12.3 Å². The van der Waals surface area contributed by atoms with Crippen molar-refractivity contribution in [2.75, 3.05) is 13.7 Å². The minimum Gasteiger partial charge on any atom is -0.496 e. The van der Waals surface area contributed by atoms with E-state index in [1.54, 1.807) is 12.1 Å². The molecule has 7 nitrogen and oxygen atoms in total. The molecule has 1 aromatic heterocycles. The van der Waals surface area contributed by atoms with Gasteiger partial charge in [-0.1, -0.05) is 17.3 Å². The van der Waals surface area contributed by atoms with Gasteiger partial charge in [0.1, 0.15) is 11.7 Å². The van der Waals surface area contributed by atoms with Crippen LogP contribution in [0.15, 0.2) is 28.8 Å². The van der Waals surface area contributed by atoms with E-state index in [1.807, 2.05) is 12.1 Å². The molecule has 20 heavy (non-hydrogen) atoms. The summed E-state index contributed by atoms with van der Waals surface area (Å²) in [5.74, 6) is -1.00. The van der Waals surface area contributed by atoms with Gasteiger partial charge in [-0.3, -0.25) is 4.79 Å². The highest BCUT2D eigenvalue weighted by atomic mass is 16.5. The lowest BCUT2D eigenvalue weighted by molar-refractivity contribution is -0.139. The van der Waals surface area contributed by atoms with Gasteiger partial charge in [0.05, 0.1) is 12.7 Å². The molecule has 1 aromatic carbocycles. The minimum absolute atomic E-state index is 0.0452. The van der Waals surface area contributed by atoms with E-state index in [-0.39, 0.29) is 18.9 Å². The third-order valence-corrected chi connectivity index (χ3v) is 2.84. The Morgan fingerprint density at radius 2 is 2.25 bits per heavy atom. The molecule has 2 aromatic rings. The summed E-state index contributed by atoms with van der Waals surface area (Å²) in [6.45, 7) is 0.226. The third kappa shape index (κ3) is 2.77. The maximum atomic E-state index is 11.2. The highest BCUT2D eigenvalue weighted by Crippen LogP contribution is 2.28. The summed E-state index contributed by atoms with van der Waals surface area (Å²) in [5, 5.41) is 12.9. The van der Waals surface area contributed by atoms with E-state index in [0.29, 0.717) is 17.1 Å². The molecular weight excluding hydrogens is 262 g/mol. The highest BCUT2D eigenvalue weighted by molar-refractivity contribution is 5.75. The molecule has 0 radical (unpaired) electrons. The summed E-state index contributed by atoms with van der Waals surface area (Å²) in [6.07, 6.45) is 0.239. The zero-order valence-electron chi connectivity index (χ0n) is 10.9. The molecular formula is C13H15N3O4. The number of ether oxygens (including phenoxy) is 1. The van der Waals surface area contributed by atoms with E-state index in [4.69, 9.17) is 20.1 Å². The minimum atomic E-state index is -1.04. The molecule has 2 rings (SSSR count). The summed E-state index contributed by atoms with van der Waals surface area (Å²) >= 11 is 0. The molecule has 106 valence electrons. The Hall–Kier alpha value is -2.41. The summed E-state index contributed by atoms with van der Waals surface area (Å²) in [6, 6.07) is 7.16. The van der Waals surface area contributed by atoms with Crippen LogP contribution < -0.4 is 10.5 Å². The second-order valence-corrected chi connectivity index (χ2v) is 4.12. The number of hydrogen-bond donors (Lipinski definition) is 2. The lowest BCUT2D eigenvalue weighted by Gasteiger charge is -2.05. The first-order valence-corrected chi connectivity index (χ1v) is 6.07. The first kappa shape index (κ1) is 14.0. The van der Waals surface area contributed by atoms with Crippen LogP contribution in [-0.4, -0.2) is 34.9 Å². The SMILES string of the molecule is COc1ccccc1-c1noc(C(CCN)C(=O)O)n1. The normalized spacial score (nSPS) is 12.1. The van der Waals surface area contributed by atoms with Gasteiger partial charge in [-0.2, -0.15) is 4.98 Å². The molecule has 0 aliphatic heterocycles. The fourth-order valence-electron chi connectivity index (χ4n) is 1.83. The highest BCUT2D eigenvalue weighted by Gasteiger charge is 2.26. The monoisotopic (exact) mass is 277 g/mol. The topological polar surface area (TPSA) is 111 Å². The lowest BCUT2D eigenvalue weighted by Crippen LogP contribution is -2.16. The van der Waals surface area contributed by atoms with E-state index in [0.717, 1.165) is 0 Å². The predicted molar refractivity (Wildman–Crippen MR) is 70.3 cm³/mol. The van der Waals surface area contributed by atoms with Crippen molar-refractivity contribution in [3.63, 3.8) is 0 Å². The first-order valence-electron chi connectivity index (χ1n) is 6.07. The van der Waals surface area contributed by atoms with Crippen molar-refractivity contribution in [1.29, 1.82) is 0 Å². The van der Waals surface area contributed by atoms with Gasteiger partial charge in [-0.25, -0.2) is 0 Å². The maximum absolute atomic E-state index is 11.2. The zero-order chi connectivity index (χ0) is 14.5. The number of benzene rings is 1. The first-order chi connectivity index (χ1) is 9.67. The van der Waals surface area contributed by atoms with Gasteiger partial charge in [0.2, 0.25) is 11.7 Å². The van der Waals surface area contributed by atoms with Gasteiger partial charge in [-0.15, -0.1) is 0 Å². The average molecular weight is 277 g/mol. The van der Waals surface area contributed by atoms with Crippen LogP contribution in [0.3, 0.4) is 0 Å². The Kier molecular flexibility index (Phi) is 4.31. The largest absolute Gasteiger partial charge is 0.496 e. The van der Waals surface area contributed by atoms with Gasteiger partial charge >= 0.3 is 5.97 Å². The average Bonchev–Trinajstić information content (AvgIpc) is 2.93. The van der Waals surface area contributed by atoms with Gasteiger partial charge < -0.3 is 20.1 Å². The number of aliphatic carboxylic acids is 1. The number of methoxy groups -OCH3 is 1. The number of carboxylic acids is 1. The molecule has 3 N–H and O–H groups in total. The third-order valence-electron chi connectivity index (χ3n) is 2.84. The fourth-order valence-corrected chi connectivity index (χ4v) is 1.83. The van der Waals surface area contributed by atoms with Crippen LogP contribution in [0, 0.1) is 0 Å². The molecule has 0 saturated heterocycles. The lowest BCUT2D eigenvalue weighted by atomic mass is 10.1. The van der Waals surface area contributed by atoms with Crippen LogP contribution in [0.25, 0.3) is 11.4 Å². The number of aromatic nitrogens is 2. The van der Waals surface area contributed by atoms with Crippen LogP contribution in [0.5, 0.6) is 5.75 Å². The van der Waals surface area contributed by atoms with Crippen molar-refractivity contribution >= 4 is 5.97 Å². The zero-order valence-corrected chi connectivity index (χ0v) is 10.9. The van der Waals surface area contributed by atoms with Crippen molar-refractivity contribution in [3.8, 4) is 17.1 Å². The Morgan fingerprint density at radius 1 is 1.50 bits per heavy atom. The molecule has 0 fully saturated rings. The number of carbonyl (C=O) groups is 1. The van der Waals surface area contributed by atoms with Crippen LogP contribution in [0.4, 0.5) is 0 Å². The Labute approximate surface area is 115 Å². The molecule has 7 heteroatoms. The van der Waals surface area contributed by atoms with Crippen molar-refractivity contribution < 1.29 is 19.2 Å². The quantitative estimate of drug-likeness (QED) is 0.817. The molecule has 0 aliphatic carbocycles. The van der Waals surface area contributed by atoms with Gasteiger partial charge in [0.15, 0.2) is 0 Å². The van der Waals surface area contributed by atoms with Gasteiger partial charge in [0.25, 0.3) is 0 Å². The fraction of sp³-hybridized carbons (Fsp3) is 0.308. The molecule has 0 spiro atoms. The van der Waals surface area contributed by atoms with E-state index in [9.17, 15) is 4.79 Å². The maximum Gasteiger partial charge on any atom is 0.316 e. The van der Waals surface area contributed by atoms with Crippen LogP contribution >= 0.6 is 0 Å². The van der Waals surface area contributed by atoms with Crippen molar-refractivity contribution in [1.82, 2.24) is 10.1 Å². The summed E-state index contributed by atoms with van der Waals surface area (Å²) in [4.78, 5) is 15.3. The summed E-state index contributed by atoms with van der Waals surface area (Å²) in [5.41, 5.74) is 6.04. The van der Waals surface area contributed by atoms with Crippen molar-refractivity contribution in [3.05, 3.63) is 30.2 Å². The van der Waals surface area contributed by atoms with Gasteiger partial charge in [-0.05, 0) is 25.1 Å². The summed E-state index contributed by atoms with van der Waals surface area (Å²) in [7, 11) is 1.54. The molecule has 1 heterocycles. The number of nitrogens with two attached hydrogens (primary N) is 1. The smallest absolute Gasteiger partial charge is 0.316 e. The number of nitrogens with zero attached hydrogens (tertiary/aromatic N) is 2. The Bertz CT molecular complexity index is 597. The second kappa shape index (κ2) is 6.16. The molecule has 1 atom stereocenters. The van der Waals surface area contributed by atoms with Crippen molar-refractivity contribution in [2.24, 2.45) is 5.73 Å². The van der Waals surface area contributed by atoms with E-state index >= 15 is 0 Å². The number of rotatable bonds is 6. The molecule has 0 bridgehead atoms. The standard InChI is InChI=1S/C13H15N3O4/c1-19-10-5-3-2-4-8(10)11-15-12(20-16-11)9(6-7-14)13(17)18/h2-5,9H,6-7,14H2,1H3,(H,17,18). The molecule has 0 amide bonds. The predicted octanol–water partition coefficient (Wildman–Crippen LogP) is 1.26. The number of para-hydroxylation sites is 1. The van der Waals surface area contributed by atoms with Crippen LogP contribution in [0.2, 0.25) is 0 Å². The van der Waals surface area contributed by atoms with Crippen LogP contribution in [0.1, 0.15) is 18.2 Å².